The molecule has 0 saturated heterocycles. The molecule has 1 rings (SSSR count). The normalized spacial score (nSPS) is 10.1. The summed E-state index contributed by atoms with van der Waals surface area (Å²) in [5, 5.41) is 15.5. The molecule has 1 aromatic rings. The maximum absolute atomic E-state index is 6.62. The van der Waals surface area contributed by atoms with Crippen LogP contribution in [-0.2, 0) is 5.04 Å². The number of benzene rings is 1. The first-order valence-electron chi connectivity index (χ1n) is 5.07. The van der Waals surface area contributed by atoms with Crippen LogP contribution in [0.1, 0.15) is 50.7 Å². The van der Waals surface area contributed by atoms with Crippen molar-refractivity contribution in [1.29, 1.82) is 0 Å². The Kier molecular flexibility index (Phi) is 6.96. The Hall–Kier alpha value is -0.900. The molecule has 2 N–H and O–H groups in total. The van der Waals surface area contributed by atoms with Gasteiger partial charge in [0.2, 0.25) is 0 Å². The van der Waals surface area contributed by atoms with E-state index < -0.39 is 0 Å². The Labute approximate surface area is 91.2 Å². The van der Waals surface area contributed by atoms with Crippen LogP contribution < -0.4 is 0 Å². The molecule has 0 saturated carbocycles. The summed E-state index contributed by atoms with van der Waals surface area (Å²) >= 11 is 0. The fourth-order valence-electron chi connectivity index (χ4n) is 1.28. The summed E-state index contributed by atoms with van der Waals surface area (Å²) in [5.74, 6) is 1.28. The van der Waals surface area contributed by atoms with E-state index in [0.29, 0.717) is 11.8 Å². The fraction of sp³-hybridized carbons (Fsp3) is 0.500. The first-order valence-corrected chi connectivity index (χ1v) is 5.07. The number of hydrogen-bond donors (Lipinski definition) is 2. The zero-order valence-corrected chi connectivity index (χ0v) is 9.77. The van der Waals surface area contributed by atoms with E-state index in [1.807, 2.05) is 0 Å². The highest BCUT2D eigenvalue weighted by Gasteiger charge is 2.02. The van der Waals surface area contributed by atoms with E-state index in [2.05, 4.69) is 57.0 Å². The second-order valence-corrected chi connectivity index (χ2v) is 4.06. The molecular weight excluding hydrogens is 192 g/mol. The second kappa shape index (κ2) is 7.40. The van der Waals surface area contributed by atoms with Crippen LogP contribution in [0.2, 0.25) is 0 Å². The van der Waals surface area contributed by atoms with Crippen LogP contribution in [0.5, 0.6) is 0 Å². The highest BCUT2D eigenvalue weighted by molar-refractivity contribution is 5.27. The van der Waals surface area contributed by atoms with Crippen molar-refractivity contribution in [2.45, 2.75) is 39.5 Å². The molecule has 0 aliphatic rings. The molecule has 3 heteroatoms. The molecule has 0 radical (unpaired) electrons. The summed E-state index contributed by atoms with van der Waals surface area (Å²) in [6.45, 7) is 8.94. The minimum Gasteiger partial charge on any atom is -0.221 e. The van der Waals surface area contributed by atoms with Gasteiger partial charge in [0.05, 0.1) is 0 Å². The minimum atomic E-state index is 0.642. The van der Waals surface area contributed by atoms with Gasteiger partial charge in [0.25, 0.3) is 0 Å². The predicted octanol–water partition coefficient (Wildman–Crippen LogP) is 3.88. The Morgan fingerprint density at radius 1 is 0.933 bits per heavy atom. The topological polar surface area (TPSA) is 49.7 Å². The summed E-state index contributed by atoms with van der Waals surface area (Å²) in [6.07, 6.45) is 0. The Morgan fingerprint density at radius 2 is 1.27 bits per heavy atom. The summed E-state index contributed by atoms with van der Waals surface area (Å²) in [4.78, 5) is 0. The summed E-state index contributed by atoms with van der Waals surface area (Å²) in [5.41, 5.74) is 2.89. The highest BCUT2D eigenvalue weighted by Crippen LogP contribution is 2.20. The van der Waals surface area contributed by atoms with Gasteiger partial charge < -0.3 is 0 Å². The van der Waals surface area contributed by atoms with Gasteiger partial charge in [-0.1, -0.05) is 57.0 Å². The summed E-state index contributed by atoms with van der Waals surface area (Å²) in [6, 6.07) is 8.88. The van der Waals surface area contributed by atoms with Crippen molar-refractivity contribution in [2.75, 3.05) is 0 Å². The molecule has 1 aromatic carbocycles. The maximum atomic E-state index is 6.62. The van der Waals surface area contributed by atoms with E-state index in [1.165, 1.54) is 11.1 Å². The standard InChI is InChI=1S/C12H18.H2O3/c1-9(2)11-6-5-7-12(8-11)10(3)4;1-3-2/h5-10H,1-4H3;1-2H. The third-order valence-electron chi connectivity index (χ3n) is 2.24. The van der Waals surface area contributed by atoms with Crippen molar-refractivity contribution >= 4 is 0 Å². The van der Waals surface area contributed by atoms with Crippen LogP contribution in [0.15, 0.2) is 24.3 Å². The van der Waals surface area contributed by atoms with E-state index in [4.69, 9.17) is 10.5 Å². The lowest BCUT2D eigenvalue weighted by atomic mass is 9.96. The second-order valence-electron chi connectivity index (χ2n) is 4.06. The van der Waals surface area contributed by atoms with Gasteiger partial charge in [-0.2, -0.15) is 0 Å². The lowest BCUT2D eigenvalue weighted by molar-refractivity contribution is -0.465. The van der Waals surface area contributed by atoms with E-state index >= 15 is 0 Å². The van der Waals surface area contributed by atoms with Crippen LogP contribution in [0, 0.1) is 0 Å². The van der Waals surface area contributed by atoms with Gasteiger partial charge in [-0.15, -0.1) is 0 Å². The third kappa shape index (κ3) is 5.52. The zero-order valence-electron chi connectivity index (χ0n) is 9.77. The van der Waals surface area contributed by atoms with Crippen LogP contribution in [0.3, 0.4) is 0 Å². The monoisotopic (exact) mass is 212 g/mol. The molecular formula is C12H20O3. The van der Waals surface area contributed by atoms with Gasteiger partial charge >= 0.3 is 0 Å². The quantitative estimate of drug-likeness (QED) is 0.577. The number of rotatable bonds is 2. The largest absolute Gasteiger partial charge is 0.221 e. The molecule has 0 atom stereocenters. The van der Waals surface area contributed by atoms with Crippen LogP contribution >= 0.6 is 0 Å². The van der Waals surface area contributed by atoms with Crippen molar-refractivity contribution in [3.05, 3.63) is 35.4 Å². The zero-order chi connectivity index (χ0) is 11.8. The Bertz CT molecular complexity index is 246. The molecule has 15 heavy (non-hydrogen) atoms. The smallest absolute Gasteiger partial charge is 0.0219 e. The van der Waals surface area contributed by atoms with Crippen molar-refractivity contribution in [3.8, 4) is 0 Å². The molecule has 86 valence electrons. The van der Waals surface area contributed by atoms with Crippen LogP contribution in [0.4, 0.5) is 0 Å². The SMILES string of the molecule is CC(C)c1cccc(C(C)C)c1.OOO. The maximum Gasteiger partial charge on any atom is -0.0219 e. The number of hydrogen-bond acceptors (Lipinski definition) is 3. The molecule has 0 unspecified atom stereocenters. The lowest BCUT2D eigenvalue weighted by Gasteiger charge is -2.09. The van der Waals surface area contributed by atoms with Crippen molar-refractivity contribution < 1.29 is 15.6 Å². The Balaban J connectivity index is 0.000000583. The predicted molar refractivity (Wildman–Crippen MR) is 61.0 cm³/mol. The lowest BCUT2D eigenvalue weighted by Crippen LogP contribution is -1.91. The molecule has 0 bridgehead atoms. The summed E-state index contributed by atoms with van der Waals surface area (Å²) < 4.78 is 0. The molecule has 0 spiro atoms. The van der Waals surface area contributed by atoms with E-state index in [9.17, 15) is 0 Å². The van der Waals surface area contributed by atoms with E-state index in [0.717, 1.165) is 0 Å². The molecule has 0 amide bonds. The Morgan fingerprint density at radius 3 is 1.53 bits per heavy atom. The average molecular weight is 212 g/mol. The molecule has 0 fully saturated rings. The van der Waals surface area contributed by atoms with Gasteiger partial charge in [0.1, 0.15) is 0 Å². The van der Waals surface area contributed by atoms with Gasteiger partial charge in [0.15, 0.2) is 0 Å². The average Bonchev–Trinajstić information content (AvgIpc) is 2.19. The van der Waals surface area contributed by atoms with E-state index in [-0.39, 0.29) is 0 Å². The van der Waals surface area contributed by atoms with Gasteiger partial charge in [0, 0.05) is 0 Å². The van der Waals surface area contributed by atoms with Gasteiger partial charge in [-0.05, 0) is 23.0 Å². The summed E-state index contributed by atoms with van der Waals surface area (Å²) in [7, 11) is 0. The molecule has 0 aliphatic heterocycles. The molecule has 3 nitrogen and oxygen atoms in total. The first kappa shape index (κ1) is 14.1. The van der Waals surface area contributed by atoms with Crippen LogP contribution in [0.25, 0.3) is 0 Å². The molecule has 0 aromatic heterocycles. The van der Waals surface area contributed by atoms with Crippen molar-refractivity contribution in [2.24, 2.45) is 0 Å². The first-order chi connectivity index (χ1) is 7.02. The van der Waals surface area contributed by atoms with Gasteiger partial charge in [-0.25, -0.2) is 10.5 Å². The molecule has 0 aliphatic carbocycles. The fourth-order valence-corrected chi connectivity index (χ4v) is 1.28. The third-order valence-corrected chi connectivity index (χ3v) is 2.24. The van der Waals surface area contributed by atoms with Crippen molar-refractivity contribution in [1.82, 2.24) is 0 Å². The van der Waals surface area contributed by atoms with Crippen LogP contribution in [-0.4, -0.2) is 10.5 Å². The molecule has 0 heterocycles. The van der Waals surface area contributed by atoms with Gasteiger partial charge in [-0.3, -0.25) is 0 Å². The minimum absolute atomic E-state index is 0.642. The van der Waals surface area contributed by atoms with E-state index in [1.54, 1.807) is 0 Å². The van der Waals surface area contributed by atoms with Crippen molar-refractivity contribution in [3.63, 3.8) is 0 Å². The highest BCUT2D eigenvalue weighted by atomic mass is 17.4.